The number of hydrogen-bond acceptors (Lipinski definition) is 5. The van der Waals surface area contributed by atoms with Gasteiger partial charge in [-0.15, -0.1) is 5.10 Å². The zero-order valence-corrected chi connectivity index (χ0v) is 12.5. The van der Waals surface area contributed by atoms with Gasteiger partial charge in [-0.2, -0.15) is 4.52 Å². The van der Waals surface area contributed by atoms with Crippen LogP contribution in [0.3, 0.4) is 0 Å². The van der Waals surface area contributed by atoms with E-state index in [-0.39, 0.29) is 5.75 Å². The molecule has 0 atom stereocenters. The number of aromatic hydroxyl groups is 1. The van der Waals surface area contributed by atoms with Crippen LogP contribution in [0.4, 0.5) is 0 Å². The monoisotopic (exact) mass is 341 g/mol. The number of phenolic OH excluding ortho intramolecular Hbond substituents is 1. The number of phenols is 1. The van der Waals surface area contributed by atoms with Crippen molar-refractivity contribution in [2.45, 2.75) is 16.2 Å². The molecule has 4 nitrogen and oxygen atoms in total. The summed E-state index contributed by atoms with van der Waals surface area (Å²) < 4.78 is 3.61. The first kappa shape index (κ1) is 12.0. The number of aromatic nitrogens is 3. The Bertz CT molecular complexity index is 705. The number of benzene rings is 1. The highest BCUT2D eigenvalue weighted by atomic mass is 79.9. The second kappa shape index (κ2) is 4.56. The molecule has 18 heavy (non-hydrogen) atoms. The third-order valence-corrected chi connectivity index (χ3v) is 5.21. The Kier molecular flexibility index (Phi) is 3.04. The number of aryl methyl sites for hydroxylation is 1. The van der Waals surface area contributed by atoms with E-state index < -0.39 is 0 Å². The smallest absolute Gasteiger partial charge is 0.214 e. The lowest BCUT2D eigenvalue weighted by molar-refractivity contribution is 0.475. The first-order valence-corrected chi connectivity index (χ1v) is 7.54. The molecule has 0 saturated carbocycles. The zero-order chi connectivity index (χ0) is 12.7. The van der Waals surface area contributed by atoms with E-state index in [9.17, 15) is 5.11 Å². The van der Waals surface area contributed by atoms with Gasteiger partial charge in [0.2, 0.25) is 4.96 Å². The molecule has 2 aromatic heterocycles. The van der Waals surface area contributed by atoms with Crippen LogP contribution in [0.1, 0.15) is 5.69 Å². The summed E-state index contributed by atoms with van der Waals surface area (Å²) in [4.78, 5) is 6.32. The van der Waals surface area contributed by atoms with E-state index in [1.54, 1.807) is 39.7 Å². The molecule has 3 aromatic rings. The van der Waals surface area contributed by atoms with Gasteiger partial charge < -0.3 is 5.11 Å². The maximum absolute atomic E-state index is 9.23. The topological polar surface area (TPSA) is 50.4 Å². The molecule has 0 fully saturated rings. The SMILES string of the molecule is Cc1nc2sc(Sc3ccc(O)cc3)nn2c1Br. The van der Waals surface area contributed by atoms with Gasteiger partial charge in [-0.3, -0.25) is 0 Å². The fraction of sp³-hybridized carbons (Fsp3) is 0.0909. The number of nitrogens with zero attached hydrogens (tertiary/aromatic N) is 3. The summed E-state index contributed by atoms with van der Waals surface area (Å²) in [5, 5.41) is 13.7. The summed E-state index contributed by atoms with van der Waals surface area (Å²) in [5.41, 5.74) is 0.940. The summed E-state index contributed by atoms with van der Waals surface area (Å²) in [6, 6.07) is 7.07. The predicted octanol–water partition coefficient (Wildman–Crippen LogP) is 3.72. The van der Waals surface area contributed by atoms with Crippen molar-refractivity contribution in [3.8, 4) is 5.75 Å². The van der Waals surface area contributed by atoms with E-state index in [2.05, 4.69) is 26.0 Å². The Balaban J connectivity index is 1.93. The van der Waals surface area contributed by atoms with Crippen LogP contribution in [0.2, 0.25) is 0 Å². The van der Waals surface area contributed by atoms with Gasteiger partial charge >= 0.3 is 0 Å². The Morgan fingerprint density at radius 1 is 1.33 bits per heavy atom. The standard InChI is InChI=1S/C11H8BrN3OS2/c1-6-9(12)15-10(13-6)18-11(14-15)17-8-4-2-7(16)3-5-8/h2-5,16H,1H3. The van der Waals surface area contributed by atoms with Gasteiger partial charge in [0.15, 0.2) is 4.34 Å². The molecule has 1 aromatic carbocycles. The molecular weight excluding hydrogens is 334 g/mol. The van der Waals surface area contributed by atoms with Gasteiger partial charge in [0.25, 0.3) is 0 Å². The zero-order valence-electron chi connectivity index (χ0n) is 9.29. The van der Waals surface area contributed by atoms with Crippen molar-refractivity contribution in [2.24, 2.45) is 0 Å². The van der Waals surface area contributed by atoms with E-state index in [4.69, 9.17) is 0 Å². The summed E-state index contributed by atoms with van der Waals surface area (Å²) in [7, 11) is 0. The molecule has 0 bridgehead atoms. The van der Waals surface area contributed by atoms with Gasteiger partial charge in [-0.25, -0.2) is 4.98 Å². The quantitative estimate of drug-likeness (QED) is 0.771. The Hall–Kier alpha value is -1.05. The normalized spacial score (nSPS) is 11.2. The summed E-state index contributed by atoms with van der Waals surface area (Å²) in [6.07, 6.45) is 0. The van der Waals surface area contributed by atoms with Crippen molar-refractivity contribution in [2.75, 3.05) is 0 Å². The summed E-state index contributed by atoms with van der Waals surface area (Å²) in [6.45, 7) is 1.94. The minimum Gasteiger partial charge on any atom is -0.508 e. The average Bonchev–Trinajstić information content (AvgIpc) is 2.84. The Morgan fingerprint density at radius 2 is 2.06 bits per heavy atom. The van der Waals surface area contributed by atoms with Gasteiger partial charge in [0.05, 0.1) is 5.69 Å². The number of hydrogen-bond donors (Lipinski definition) is 1. The molecule has 7 heteroatoms. The van der Waals surface area contributed by atoms with Crippen molar-refractivity contribution in [1.82, 2.24) is 14.6 Å². The second-order valence-corrected chi connectivity index (χ2v) is 6.67. The number of fused-ring (bicyclic) bond motifs is 1. The van der Waals surface area contributed by atoms with E-state index in [1.165, 1.54) is 0 Å². The molecule has 3 rings (SSSR count). The minimum atomic E-state index is 0.270. The van der Waals surface area contributed by atoms with Crippen LogP contribution in [0.25, 0.3) is 4.96 Å². The van der Waals surface area contributed by atoms with Gasteiger partial charge in [0.1, 0.15) is 10.4 Å². The van der Waals surface area contributed by atoms with Crippen LogP contribution in [0, 0.1) is 6.92 Å². The fourth-order valence-electron chi connectivity index (χ4n) is 1.46. The molecule has 0 spiro atoms. The highest BCUT2D eigenvalue weighted by molar-refractivity contribution is 9.10. The first-order chi connectivity index (χ1) is 8.63. The highest BCUT2D eigenvalue weighted by Gasteiger charge is 2.12. The number of imidazole rings is 1. The molecule has 1 N–H and O–H groups in total. The molecular formula is C11H8BrN3OS2. The third-order valence-electron chi connectivity index (χ3n) is 2.33. The first-order valence-electron chi connectivity index (χ1n) is 5.12. The molecule has 92 valence electrons. The van der Waals surface area contributed by atoms with Gasteiger partial charge in [-0.05, 0) is 47.1 Å². The van der Waals surface area contributed by atoms with Crippen molar-refractivity contribution >= 4 is 44.0 Å². The summed E-state index contributed by atoms with van der Waals surface area (Å²) >= 11 is 6.56. The minimum absolute atomic E-state index is 0.270. The molecule has 0 amide bonds. The Morgan fingerprint density at radius 3 is 2.72 bits per heavy atom. The van der Waals surface area contributed by atoms with E-state index in [1.807, 2.05) is 19.1 Å². The van der Waals surface area contributed by atoms with Crippen LogP contribution >= 0.6 is 39.0 Å². The summed E-state index contributed by atoms with van der Waals surface area (Å²) in [5.74, 6) is 0.270. The fourth-order valence-corrected chi connectivity index (χ4v) is 3.87. The largest absolute Gasteiger partial charge is 0.508 e. The lowest BCUT2D eigenvalue weighted by atomic mass is 10.3. The Labute approximate surface area is 120 Å². The number of rotatable bonds is 2. The van der Waals surface area contributed by atoms with Crippen LogP contribution in [-0.2, 0) is 0 Å². The van der Waals surface area contributed by atoms with E-state index >= 15 is 0 Å². The van der Waals surface area contributed by atoms with Crippen molar-refractivity contribution in [3.05, 3.63) is 34.6 Å². The third kappa shape index (κ3) is 2.13. The molecule has 0 aliphatic carbocycles. The molecule has 2 heterocycles. The van der Waals surface area contributed by atoms with Crippen molar-refractivity contribution < 1.29 is 5.11 Å². The van der Waals surface area contributed by atoms with Gasteiger partial charge in [0, 0.05) is 4.90 Å². The molecule has 0 radical (unpaired) electrons. The highest BCUT2D eigenvalue weighted by Crippen LogP contribution is 2.33. The molecule has 0 saturated heterocycles. The van der Waals surface area contributed by atoms with Crippen LogP contribution < -0.4 is 0 Å². The van der Waals surface area contributed by atoms with Gasteiger partial charge in [-0.1, -0.05) is 23.1 Å². The van der Waals surface area contributed by atoms with Crippen LogP contribution in [0.15, 0.2) is 38.1 Å². The molecule has 0 aliphatic heterocycles. The van der Waals surface area contributed by atoms with E-state index in [0.717, 1.165) is 24.5 Å². The van der Waals surface area contributed by atoms with E-state index in [0.29, 0.717) is 0 Å². The molecule has 0 aliphatic rings. The van der Waals surface area contributed by atoms with Crippen LogP contribution in [0.5, 0.6) is 5.75 Å². The number of halogens is 1. The lowest BCUT2D eigenvalue weighted by Gasteiger charge is -1.96. The average molecular weight is 342 g/mol. The predicted molar refractivity (Wildman–Crippen MR) is 75.5 cm³/mol. The molecule has 0 unspecified atom stereocenters. The van der Waals surface area contributed by atoms with Crippen molar-refractivity contribution in [3.63, 3.8) is 0 Å². The van der Waals surface area contributed by atoms with Crippen LogP contribution in [-0.4, -0.2) is 19.7 Å². The second-order valence-electron chi connectivity index (χ2n) is 3.65. The van der Waals surface area contributed by atoms with Crippen molar-refractivity contribution in [1.29, 1.82) is 0 Å². The maximum atomic E-state index is 9.23. The lowest BCUT2D eigenvalue weighted by Crippen LogP contribution is -1.84. The maximum Gasteiger partial charge on any atom is 0.214 e.